The molecule has 0 fully saturated rings. The van der Waals surface area contributed by atoms with Gasteiger partial charge in [-0.2, -0.15) is 24.9 Å². The Bertz CT molecular complexity index is 1330. The number of aromatic nitrogens is 2. The van der Waals surface area contributed by atoms with Crippen LogP contribution in [0.3, 0.4) is 0 Å². The van der Waals surface area contributed by atoms with E-state index in [0.29, 0.717) is 22.0 Å². The predicted octanol–water partition coefficient (Wildman–Crippen LogP) is 3.37. The molecule has 0 saturated carbocycles. The van der Waals surface area contributed by atoms with Crippen molar-refractivity contribution >= 4 is 57.3 Å². The van der Waals surface area contributed by atoms with Gasteiger partial charge in [0.1, 0.15) is 11.7 Å². The summed E-state index contributed by atoms with van der Waals surface area (Å²) in [7, 11) is 0. The number of aryl methyl sites for hydroxylation is 2. The first-order valence-electron chi connectivity index (χ1n) is 9.65. The molecule has 4 heterocycles. The summed E-state index contributed by atoms with van der Waals surface area (Å²) in [4.78, 5) is 33.9. The Morgan fingerprint density at radius 2 is 1.91 bits per heavy atom. The number of fused-ring (bicyclic) bond motifs is 1. The fraction of sp³-hybridized carbons (Fsp3) is 0.143. The Morgan fingerprint density at radius 3 is 2.62 bits per heavy atom. The molecule has 2 amide bonds. The number of hydrogen-bond acceptors (Lipinski definition) is 7. The average Bonchev–Trinajstić information content (AvgIpc) is 3.47. The largest absolute Gasteiger partial charge is 0.444 e. The number of anilines is 2. The lowest BCUT2D eigenvalue weighted by Crippen LogP contribution is -2.36. The lowest BCUT2D eigenvalue weighted by atomic mass is 10.1. The van der Waals surface area contributed by atoms with E-state index in [1.165, 1.54) is 17.0 Å². The van der Waals surface area contributed by atoms with Gasteiger partial charge in [0.25, 0.3) is 17.8 Å². The minimum atomic E-state index is -0.671. The van der Waals surface area contributed by atoms with Crippen molar-refractivity contribution in [3.05, 3.63) is 64.2 Å². The average molecular weight is 494 g/mol. The zero-order chi connectivity index (χ0) is 22.4. The number of hydrazone groups is 1. The molecule has 2 aliphatic heterocycles. The second-order valence-corrected chi connectivity index (χ2v) is 8.03. The summed E-state index contributed by atoms with van der Waals surface area (Å²) in [6, 6.07) is 12.5. The summed E-state index contributed by atoms with van der Waals surface area (Å²) in [6.07, 6.45) is 1.52. The number of nitrogens with zero attached hydrogens (tertiary/aromatic N) is 6. The molecule has 0 bridgehead atoms. The number of furan rings is 1. The van der Waals surface area contributed by atoms with E-state index in [9.17, 15) is 9.59 Å². The summed E-state index contributed by atoms with van der Waals surface area (Å²) in [5.41, 5.74) is 2.49. The van der Waals surface area contributed by atoms with E-state index in [-0.39, 0.29) is 11.7 Å². The predicted molar refractivity (Wildman–Crippen MR) is 122 cm³/mol. The molecule has 2 aromatic heterocycles. The first-order valence-corrected chi connectivity index (χ1v) is 10.4. The molecule has 160 valence electrons. The van der Waals surface area contributed by atoms with E-state index in [0.717, 1.165) is 11.3 Å². The molecular weight excluding hydrogens is 478 g/mol. The summed E-state index contributed by atoms with van der Waals surface area (Å²) >= 11 is 3.17. The highest BCUT2D eigenvalue weighted by Crippen LogP contribution is 2.26. The second kappa shape index (κ2) is 7.68. The number of benzene rings is 1. The van der Waals surface area contributed by atoms with Crippen LogP contribution in [0.25, 0.3) is 0 Å². The molecule has 3 aromatic rings. The summed E-state index contributed by atoms with van der Waals surface area (Å²) in [6.45, 7) is 3.75. The van der Waals surface area contributed by atoms with Crippen LogP contribution in [0.4, 0.5) is 11.5 Å². The van der Waals surface area contributed by atoms with Gasteiger partial charge < -0.3 is 9.73 Å². The Kier molecular flexibility index (Phi) is 4.82. The van der Waals surface area contributed by atoms with Crippen LogP contribution in [0, 0.1) is 19.8 Å². The van der Waals surface area contributed by atoms with Gasteiger partial charge in [0, 0.05) is 12.3 Å². The summed E-state index contributed by atoms with van der Waals surface area (Å²) in [5.74, 6) is -0.688. The van der Waals surface area contributed by atoms with Crippen molar-refractivity contribution in [2.75, 3.05) is 10.3 Å². The molecule has 5 rings (SSSR count). The Labute approximate surface area is 190 Å². The highest BCUT2D eigenvalue weighted by atomic mass is 79.9. The highest BCUT2D eigenvalue weighted by Gasteiger charge is 2.37. The Balaban J connectivity index is 1.49. The lowest BCUT2D eigenvalue weighted by Gasteiger charge is -2.20. The molecule has 0 saturated heterocycles. The van der Waals surface area contributed by atoms with E-state index in [1.807, 2.05) is 31.2 Å². The lowest BCUT2D eigenvalue weighted by molar-refractivity contribution is -0.118. The molecule has 2 aliphatic rings. The topological polar surface area (TPSA) is 117 Å². The molecular formula is C21H16BrN7O3. The SMILES string of the molecule is Cc1ccc(N2N=CC3C(=O)N=C(n4nc(C)cc4NC(=O)c4ccc(Br)o4)N=C32)cc1. The van der Waals surface area contributed by atoms with Crippen molar-refractivity contribution in [2.45, 2.75) is 13.8 Å². The van der Waals surface area contributed by atoms with Gasteiger partial charge in [-0.1, -0.05) is 17.7 Å². The van der Waals surface area contributed by atoms with E-state index < -0.39 is 17.7 Å². The maximum absolute atomic E-state index is 12.7. The minimum absolute atomic E-state index is 0.0351. The third kappa shape index (κ3) is 3.56. The number of nitrogens with one attached hydrogen (secondary N) is 1. The number of amides is 2. The van der Waals surface area contributed by atoms with Crippen LogP contribution in [0.15, 0.2) is 66.6 Å². The number of carbonyl (C=O) groups excluding carboxylic acids is 2. The molecule has 1 unspecified atom stereocenters. The number of aliphatic imine (C=N–C) groups is 2. The van der Waals surface area contributed by atoms with Gasteiger partial charge in [0.15, 0.2) is 16.3 Å². The molecule has 11 heteroatoms. The van der Waals surface area contributed by atoms with Crippen LogP contribution in [-0.4, -0.2) is 39.6 Å². The molecule has 0 radical (unpaired) electrons. The van der Waals surface area contributed by atoms with E-state index in [1.54, 1.807) is 24.1 Å². The number of amidine groups is 1. The smallest absolute Gasteiger partial charge is 0.292 e. The van der Waals surface area contributed by atoms with Gasteiger partial charge >= 0.3 is 0 Å². The molecule has 32 heavy (non-hydrogen) atoms. The molecule has 1 N–H and O–H groups in total. The zero-order valence-electron chi connectivity index (χ0n) is 17.0. The molecule has 0 spiro atoms. The monoisotopic (exact) mass is 493 g/mol. The quantitative estimate of drug-likeness (QED) is 0.599. The Morgan fingerprint density at radius 1 is 1.12 bits per heavy atom. The van der Waals surface area contributed by atoms with Crippen LogP contribution in [0.1, 0.15) is 21.8 Å². The van der Waals surface area contributed by atoms with Crippen LogP contribution in [0.2, 0.25) is 0 Å². The van der Waals surface area contributed by atoms with Crippen LogP contribution >= 0.6 is 15.9 Å². The van der Waals surface area contributed by atoms with Crippen molar-refractivity contribution in [3.8, 4) is 0 Å². The minimum Gasteiger partial charge on any atom is -0.444 e. The maximum atomic E-state index is 12.7. The van der Waals surface area contributed by atoms with Gasteiger partial charge in [-0.15, -0.1) is 0 Å². The number of rotatable bonds is 3. The highest BCUT2D eigenvalue weighted by molar-refractivity contribution is 9.10. The van der Waals surface area contributed by atoms with Crippen LogP contribution < -0.4 is 10.3 Å². The molecule has 0 aliphatic carbocycles. The Hall–Kier alpha value is -3.86. The van der Waals surface area contributed by atoms with Crippen LogP contribution in [-0.2, 0) is 4.79 Å². The third-order valence-electron chi connectivity index (χ3n) is 4.86. The summed E-state index contributed by atoms with van der Waals surface area (Å²) < 4.78 is 7.05. The zero-order valence-corrected chi connectivity index (χ0v) is 18.6. The normalized spacial score (nSPS) is 17.3. The molecule has 1 aromatic carbocycles. The first-order chi connectivity index (χ1) is 15.4. The van der Waals surface area contributed by atoms with Gasteiger partial charge in [-0.05, 0) is 54.0 Å². The van der Waals surface area contributed by atoms with Crippen molar-refractivity contribution < 1.29 is 14.0 Å². The first kappa shape index (κ1) is 20.1. The maximum Gasteiger partial charge on any atom is 0.292 e. The van der Waals surface area contributed by atoms with Crippen molar-refractivity contribution in [1.29, 1.82) is 0 Å². The number of carbonyl (C=O) groups is 2. The second-order valence-electron chi connectivity index (χ2n) is 7.25. The van der Waals surface area contributed by atoms with Gasteiger partial charge in [0.2, 0.25) is 0 Å². The summed E-state index contributed by atoms with van der Waals surface area (Å²) in [5, 5.41) is 13.0. The van der Waals surface area contributed by atoms with Gasteiger partial charge in [0.05, 0.1) is 11.4 Å². The van der Waals surface area contributed by atoms with E-state index >= 15 is 0 Å². The van der Waals surface area contributed by atoms with Gasteiger partial charge in [-0.25, -0.2) is 5.01 Å². The van der Waals surface area contributed by atoms with Gasteiger partial charge in [-0.3, -0.25) is 9.59 Å². The van der Waals surface area contributed by atoms with Crippen molar-refractivity contribution in [2.24, 2.45) is 21.0 Å². The number of halogens is 1. The molecule has 10 nitrogen and oxygen atoms in total. The van der Waals surface area contributed by atoms with E-state index in [4.69, 9.17) is 4.42 Å². The standard InChI is InChI=1S/C21H16BrN7O3/c1-11-3-5-13(6-4-11)28-18-14(10-23-28)19(30)26-21(25-18)29-17(9-12(2)27-29)24-20(31)15-7-8-16(22)32-15/h3-10,14H,1-2H3,(H,24,31). The molecule has 1 atom stereocenters. The van der Waals surface area contributed by atoms with Crippen LogP contribution in [0.5, 0.6) is 0 Å². The fourth-order valence-electron chi connectivity index (χ4n) is 3.31. The van der Waals surface area contributed by atoms with E-state index in [2.05, 4.69) is 41.4 Å². The fourth-order valence-corrected chi connectivity index (χ4v) is 3.62. The van der Waals surface area contributed by atoms with Crippen molar-refractivity contribution in [1.82, 2.24) is 9.78 Å². The third-order valence-corrected chi connectivity index (χ3v) is 5.28. The van der Waals surface area contributed by atoms with Crippen molar-refractivity contribution in [3.63, 3.8) is 0 Å². The number of hydrogen-bond donors (Lipinski definition) is 1.